The summed E-state index contributed by atoms with van der Waals surface area (Å²) in [5, 5.41) is 0.643. The third kappa shape index (κ3) is 2.74. The molecule has 2 rings (SSSR count). The number of halogens is 1. The Balaban J connectivity index is 2.17. The Kier molecular flexibility index (Phi) is 3.59. The van der Waals surface area contributed by atoms with Crippen LogP contribution in [0.1, 0.15) is 29.3 Å². The maximum atomic E-state index is 11.5. The summed E-state index contributed by atoms with van der Waals surface area (Å²) in [5.74, 6) is 0.157. The van der Waals surface area contributed by atoms with Crippen LogP contribution in [-0.2, 0) is 6.54 Å². The van der Waals surface area contributed by atoms with Crippen molar-refractivity contribution in [1.82, 2.24) is 9.55 Å². The number of pyridine rings is 1. The molecule has 0 unspecified atom stereocenters. The molecule has 2 aromatic rings. The van der Waals surface area contributed by atoms with Crippen LogP contribution in [-0.4, -0.2) is 15.3 Å². The van der Waals surface area contributed by atoms with Crippen LogP contribution in [0.2, 0.25) is 5.02 Å². The molecule has 3 nitrogen and oxygen atoms in total. The minimum absolute atomic E-state index is 0.157. The quantitative estimate of drug-likeness (QED) is 0.779. The van der Waals surface area contributed by atoms with E-state index in [0.29, 0.717) is 18.0 Å². The molecule has 0 aliphatic carbocycles. The standard InChI is InChI=1S/C13H13ClN2O/c1-2-13(17)11-4-6-16(9-11)8-10-3-5-15-7-12(10)14/h3-7,9H,2,8H2,1H3. The van der Waals surface area contributed by atoms with Gasteiger partial charge in [-0.2, -0.15) is 0 Å². The molecule has 0 bridgehead atoms. The summed E-state index contributed by atoms with van der Waals surface area (Å²) in [5.41, 5.74) is 1.74. The van der Waals surface area contributed by atoms with E-state index in [2.05, 4.69) is 4.98 Å². The van der Waals surface area contributed by atoms with Crippen molar-refractivity contribution in [1.29, 1.82) is 0 Å². The van der Waals surface area contributed by atoms with Crippen molar-refractivity contribution in [3.8, 4) is 0 Å². The van der Waals surface area contributed by atoms with Crippen molar-refractivity contribution in [3.63, 3.8) is 0 Å². The molecule has 17 heavy (non-hydrogen) atoms. The Bertz CT molecular complexity index is 534. The second kappa shape index (κ2) is 5.15. The summed E-state index contributed by atoms with van der Waals surface area (Å²) < 4.78 is 1.95. The Hall–Kier alpha value is -1.61. The van der Waals surface area contributed by atoms with E-state index >= 15 is 0 Å². The highest BCUT2D eigenvalue weighted by Gasteiger charge is 2.06. The molecule has 0 atom stereocenters. The highest BCUT2D eigenvalue weighted by Crippen LogP contribution is 2.15. The molecule has 0 N–H and O–H groups in total. The van der Waals surface area contributed by atoms with E-state index in [4.69, 9.17) is 11.6 Å². The van der Waals surface area contributed by atoms with Crippen LogP contribution in [0.4, 0.5) is 0 Å². The summed E-state index contributed by atoms with van der Waals surface area (Å²) in [6.07, 6.45) is 7.60. The Morgan fingerprint density at radius 3 is 3.00 bits per heavy atom. The summed E-state index contributed by atoms with van der Waals surface area (Å²) in [6, 6.07) is 3.71. The number of hydrogen-bond acceptors (Lipinski definition) is 2. The van der Waals surface area contributed by atoms with Gasteiger partial charge < -0.3 is 4.57 Å². The van der Waals surface area contributed by atoms with E-state index in [0.717, 1.165) is 11.1 Å². The van der Waals surface area contributed by atoms with E-state index in [-0.39, 0.29) is 5.78 Å². The molecule has 0 aliphatic heterocycles. The lowest BCUT2D eigenvalue weighted by molar-refractivity contribution is 0.0988. The molecule has 0 fully saturated rings. The largest absolute Gasteiger partial charge is 0.349 e. The molecular formula is C13H13ClN2O. The number of nitrogens with zero attached hydrogens (tertiary/aromatic N) is 2. The molecular weight excluding hydrogens is 236 g/mol. The van der Waals surface area contributed by atoms with Crippen molar-refractivity contribution >= 4 is 17.4 Å². The van der Waals surface area contributed by atoms with Gasteiger partial charge in [-0.1, -0.05) is 18.5 Å². The summed E-state index contributed by atoms with van der Waals surface area (Å²) in [7, 11) is 0. The SMILES string of the molecule is CCC(=O)c1ccn(Cc2ccncc2Cl)c1. The number of Topliss-reactive ketones (excluding diaryl/α,β-unsaturated/α-hetero) is 1. The first-order valence-corrected chi connectivity index (χ1v) is 5.86. The van der Waals surface area contributed by atoms with Gasteiger partial charge in [0, 0.05) is 43.3 Å². The zero-order chi connectivity index (χ0) is 12.3. The van der Waals surface area contributed by atoms with Crippen LogP contribution in [0.25, 0.3) is 0 Å². The first-order valence-electron chi connectivity index (χ1n) is 5.48. The number of hydrogen-bond donors (Lipinski definition) is 0. The van der Waals surface area contributed by atoms with Gasteiger partial charge in [0.05, 0.1) is 5.02 Å². The maximum absolute atomic E-state index is 11.5. The van der Waals surface area contributed by atoms with Crippen LogP contribution in [0.5, 0.6) is 0 Å². The fourth-order valence-corrected chi connectivity index (χ4v) is 1.82. The highest BCUT2D eigenvalue weighted by atomic mass is 35.5. The highest BCUT2D eigenvalue weighted by molar-refractivity contribution is 6.31. The van der Waals surface area contributed by atoms with Gasteiger partial charge in [-0.3, -0.25) is 9.78 Å². The zero-order valence-corrected chi connectivity index (χ0v) is 10.3. The van der Waals surface area contributed by atoms with Gasteiger partial charge in [0.2, 0.25) is 0 Å². The van der Waals surface area contributed by atoms with E-state index in [1.54, 1.807) is 12.4 Å². The zero-order valence-electron chi connectivity index (χ0n) is 9.56. The molecule has 2 aromatic heterocycles. The number of rotatable bonds is 4. The fourth-order valence-electron chi connectivity index (χ4n) is 1.64. The third-order valence-electron chi connectivity index (χ3n) is 2.60. The number of carbonyl (C=O) groups is 1. The summed E-state index contributed by atoms with van der Waals surface area (Å²) >= 11 is 6.03. The maximum Gasteiger partial charge on any atom is 0.164 e. The van der Waals surface area contributed by atoms with Crippen molar-refractivity contribution in [2.24, 2.45) is 0 Å². The number of aromatic nitrogens is 2. The molecule has 0 radical (unpaired) electrons. The fraction of sp³-hybridized carbons (Fsp3) is 0.231. The smallest absolute Gasteiger partial charge is 0.164 e. The predicted molar refractivity (Wildman–Crippen MR) is 67.4 cm³/mol. The van der Waals surface area contributed by atoms with Gasteiger partial charge in [-0.25, -0.2) is 0 Å². The average molecular weight is 249 g/mol. The third-order valence-corrected chi connectivity index (χ3v) is 2.94. The van der Waals surface area contributed by atoms with Crippen LogP contribution < -0.4 is 0 Å². The first-order chi connectivity index (χ1) is 8.20. The van der Waals surface area contributed by atoms with Gasteiger partial charge >= 0.3 is 0 Å². The second-order valence-electron chi connectivity index (χ2n) is 3.82. The minimum Gasteiger partial charge on any atom is -0.349 e. The molecule has 2 heterocycles. The lowest BCUT2D eigenvalue weighted by Gasteiger charge is -2.04. The van der Waals surface area contributed by atoms with Crippen molar-refractivity contribution in [2.45, 2.75) is 19.9 Å². The normalized spacial score (nSPS) is 10.5. The van der Waals surface area contributed by atoms with Crippen molar-refractivity contribution in [2.75, 3.05) is 0 Å². The van der Waals surface area contributed by atoms with E-state index in [9.17, 15) is 4.79 Å². The van der Waals surface area contributed by atoms with E-state index < -0.39 is 0 Å². The first kappa shape index (κ1) is 11.9. The van der Waals surface area contributed by atoms with E-state index in [1.807, 2.05) is 36.0 Å². The Morgan fingerprint density at radius 2 is 2.29 bits per heavy atom. The lowest BCUT2D eigenvalue weighted by atomic mass is 10.2. The van der Waals surface area contributed by atoms with Gasteiger partial charge in [0.15, 0.2) is 5.78 Å². The molecule has 0 aromatic carbocycles. The number of ketones is 1. The van der Waals surface area contributed by atoms with Crippen molar-refractivity contribution < 1.29 is 4.79 Å². The van der Waals surface area contributed by atoms with Crippen LogP contribution in [0.15, 0.2) is 36.9 Å². The topological polar surface area (TPSA) is 34.9 Å². The Morgan fingerprint density at radius 1 is 1.47 bits per heavy atom. The van der Waals surface area contributed by atoms with Gasteiger partial charge in [0.25, 0.3) is 0 Å². The van der Waals surface area contributed by atoms with E-state index in [1.165, 1.54) is 0 Å². The predicted octanol–water partition coefficient (Wildman–Crippen LogP) is 3.18. The minimum atomic E-state index is 0.157. The molecule has 4 heteroatoms. The van der Waals surface area contributed by atoms with Crippen LogP contribution in [0, 0.1) is 0 Å². The molecule has 0 saturated carbocycles. The van der Waals surface area contributed by atoms with Gasteiger partial charge in [-0.05, 0) is 17.7 Å². The van der Waals surface area contributed by atoms with Gasteiger partial charge in [0.1, 0.15) is 0 Å². The summed E-state index contributed by atoms with van der Waals surface area (Å²) in [6.45, 7) is 2.51. The average Bonchev–Trinajstić information content (AvgIpc) is 2.80. The Labute approximate surface area is 105 Å². The second-order valence-corrected chi connectivity index (χ2v) is 4.22. The monoisotopic (exact) mass is 248 g/mol. The molecule has 0 aliphatic rings. The number of carbonyl (C=O) groups excluding carboxylic acids is 1. The molecule has 0 amide bonds. The van der Waals surface area contributed by atoms with Crippen LogP contribution in [0.3, 0.4) is 0 Å². The summed E-state index contributed by atoms with van der Waals surface area (Å²) in [4.78, 5) is 15.4. The molecule has 88 valence electrons. The van der Waals surface area contributed by atoms with Crippen LogP contribution >= 0.6 is 11.6 Å². The lowest BCUT2D eigenvalue weighted by Crippen LogP contribution is -1.99. The van der Waals surface area contributed by atoms with Gasteiger partial charge in [-0.15, -0.1) is 0 Å². The van der Waals surface area contributed by atoms with Crippen molar-refractivity contribution in [3.05, 3.63) is 53.1 Å². The molecule has 0 saturated heterocycles. The molecule has 0 spiro atoms.